The molecule has 3 rings (SSSR count). The molecule has 0 saturated carbocycles. The first-order chi connectivity index (χ1) is 14.4. The fourth-order valence-electron chi connectivity index (χ4n) is 2.39. The third kappa shape index (κ3) is 6.36. The number of Topliss-reactive ketones (excluding diaryl/α,β-unsaturated/α-hetero) is 1. The van der Waals surface area contributed by atoms with E-state index in [1.807, 2.05) is 6.07 Å². The molecule has 0 unspecified atom stereocenters. The first-order valence-corrected chi connectivity index (χ1v) is 10.6. The molecule has 0 fully saturated rings. The zero-order chi connectivity index (χ0) is 21.5. The van der Waals surface area contributed by atoms with Gasteiger partial charge in [-0.2, -0.15) is 8.78 Å². The standard InChI is InChI=1S/C19H17F2N3O4S2/c1-11(25)22-9-8-14-6-7-16(30-14)15(26)10-29-19-24-23-17(28-19)12-2-4-13(5-3-12)27-18(20)21/h2-7,18H,8-10H2,1H3,(H,22,25). The van der Waals surface area contributed by atoms with E-state index in [0.717, 1.165) is 16.6 Å². The second kappa shape index (κ2) is 10.3. The quantitative estimate of drug-likeness (QED) is 0.366. The Kier molecular flexibility index (Phi) is 7.52. The Morgan fingerprint density at radius 1 is 1.20 bits per heavy atom. The third-order valence-electron chi connectivity index (χ3n) is 3.74. The van der Waals surface area contributed by atoms with E-state index >= 15 is 0 Å². The Balaban J connectivity index is 1.52. The molecular weight excluding hydrogens is 436 g/mol. The minimum atomic E-state index is -2.89. The first-order valence-electron chi connectivity index (χ1n) is 8.78. The van der Waals surface area contributed by atoms with Crippen molar-refractivity contribution in [3.05, 3.63) is 46.2 Å². The second-order valence-electron chi connectivity index (χ2n) is 5.99. The van der Waals surface area contributed by atoms with E-state index in [1.165, 1.54) is 42.5 Å². The maximum absolute atomic E-state index is 12.4. The molecule has 7 nitrogen and oxygen atoms in total. The van der Waals surface area contributed by atoms with E-state index in [-0.39, 0.29) is 34.3 Å². The summed E-state index contributed by atoms with van der Waals surface area (Å²) in [7, 11) is 0. The van der Waals surface area contributed by atoms with Crippen molar-refractivity contribution < 1.29 is 27.5 Å². The van der Waals surface area contributed by atoms with Crippen LogP contribution in [0.5, 0.6) is 5.75 Å². The van der Waals surface area contributed by atoms with Gasteiger partial charge in [-0.05, 0) is 42.8 Å². The molecule has 2 aromatic heterocycles. The monoisotopic (exact) mass is 453 g/mol. The molecular formula is C19H17F2N3O4S2. The lowest BCUT2D eigenvalue weighted by molar-refractivity contribution is -0.118. The van der Waals surface area contributed by atoms with Gasteiger partial charge in [0, 0.05) is 23.9 Å². The molecule has 0 aliphatic carbocycles. The number of halogens is 2. The SMILES string of the molecule is CC(=O)NCCc1ccc(C(=O)CSc2nnc(-c3ccc(OC(F)F)cc3)o2)s1. The van der Waals surface area contributed by atoms with E-state index in [9.17, 15) is 18.4 Å². The van der Waals surface area contributed by atoms with Crippen molar-refractivity contribution in [3.8, 4) is 17.2 Å². The number of nitrogens with zero attached hydrogens (tertiary/aromatic N) is 2. The van der Waals surface area contributed by atoms with Gasteiger partial charge in [0.1, 0.15) is 5.75 Å². The van der Waals surface area contributed by atoms with Gasteiger partial charge in [-0.1, -0.05) is 11.8 Å². The summed E-state index contributed by atoms with van der Waals surface area (Å²) in [6.07, 6.45) is 0.666. The van der Waals surface area contributed by atoms with Crippen LogP contribution in [-0.4, -0.2) is 40.8 Å². The van der Waals surface area contributed by atoms with Crippen molar-refractivity contribution in [2.75, 3.05) is 12.3 Å². The fourth-order valence-corrected chi connectivity index (χ4v) is 4.07. The number of hydrogen-bond donors (Lipinski definition) is 1. The predicted molar refractivity (Wildman–Crippen MR) is 108 cm³/mol. The van der Waals surface area contributed by atoms with Crippen LogP contribution in [0, 0.1) is 0 Å². The molecule has 0 aliphatic rings. The number of hydrogen-bond acceptors (Lipinski definition) is 8. The molecule has 1 N–H and O–H groups in total. The van der Waals surface area contributed by atoms with Crippen LogP contribution in [0.3, 0.4) is 0 Å². The van der Waals surface area contributed by atoms with Crippen LogP contribution < -0.4 is 10.1 Å². The number of thiophene rings is 1. The number of thioether (sulfide) groups is 1. The lowest BCUT2D eigenvalue weighted by Crippen LogP contribution is -2.22. The number of alkyl halides is 2. The summed E-state index contributed by atoms with van der Waals surface area (Å²) >= 11 is 2.51. The van der Waals surface area contributed by atoms with E-state index < -0.39 is 6.61 Å². The van der Waals surface area contributed by atoms with Gasteiger partial charge in [0.2, 0.25) is 11.8 Å². The van der Waals surface area contributed by atoms with Gasteiger partial charge in [0.15, 0.2) is 5.78 Å². The Morgan fingerprint density at radius 3 is 2.67 bits per heavy atom. The smallest absolute Gasteiger partial charge is 0.387 e. The summed E-state index contributed by atoms with van der Waals surface area (Å²) in [5, 5.41) is 10.8. The molecule has 158 valence electrons. The van der Waals surface area contributed by atoms with Crippen molar-refractivity contribution in [2.24, 2.45) is 0 Å². The summed E-state index contributed by atoms with van der Waals surface area (Å²) < 4.78 is 34.2. The Hall–Kier alpha value is -2.79. The van der Waals surface area contributed by atoms with Crippen molar-refractivity contribution in [1.29, 1.82) is 0 Å². The molecule has 0 radical (unpaired) electrons. The predicted octanol–water partition coefficient (Wildman–Crippen LogP) is 4.05. The van der Waals surface area contributed by atoms with Crippen LogP contribution in [0.15, 0.2) is 46.0 Å². The van der Waals surface area contributed by atoms with Crippen molar-refractivity contribution in [1.82, 2.24) is 15.5 Å². The number of ether oxygens (including phenoxy) is 1. The molecule has 0 spiro atoms. The van der Waals surface area contributed by atoms with Crippen LogP contribution in [0.25, 0.3) is 11.5 Å². The summed E-state index contributed by atoms with van der Waals surface area (Å²) in [5.41, 5.74) is 0.546. The largest absolute Gasteiger partial charge is 0.435 e. The van der Waals surface area contributed by atoms with Crippen LogP contribution in [0.4, 0.5) is 8.78 Å². The highest BCUT2D eigenvalue weighted by Crippen LogP contribution is 2.26. The van der Waals surface area contributed by atoms with Gasteiger partial charge in [-0.25, -0.2) is 0 Å². The van der Waals surface area contributed by atoms with Crippen LogP contribution in [0.1, 0.15) is 21.5 Å². The molecule has 0 bridgehead atoms. The second-order valence-corrected chi connectivity index (χ2v) is 8.08. The summed E-state index contributed by atoms with van der Waals surface area (Å²) in [6.45, 7) is -0.907. The summed E-state index contributed by atoms with van der Waals surface area (Å²) in [4.78, 5) is 24.9. The number of benzene rings is 1. The lowest BCUT2D eigenvalue weighted by Gasteiger charge is -2.03. The molecule has 1 amide bonds. The van der Waals surface area contributed by atoms with Crippen LogP contribution in [-0.2, 0) is 11.2 Å². The van der Waals surface area contributed by atoms with E-state index in [4.69, 9.17) is 4.42 Å². The molecule has 2 heterocycles. The van der Waals surface area contributed by atoms with Gasteiger partial charge < -0.3 is 14.5 Å². The number of carbonyl (C=O) groups is 2. The number of amides is 1. The normalized spacial score (nSPS) is 10.9. The summed E-state index contributed by atoms with van der Waals surface area (Å²) in [5.74, 6) is 0.222. The maximum atomic E-state index is 12.4. The Morgan fingerprint density at radius 2 is 1.97 bits per heavy atom. The third-order valence-corrected chi connectivity index (χ3v) is 5.75. The highest BCUT2D eigenvalue weighted by molar-refractivity contribution is 7.99. The Labute approximate surface area is 178 Å². The molecule has 0 saturated heterocycles. The average molecular weight is 453 g/mol. The molecule has 30 heavy (non-hydrogen) atoms. The van der Waals surface area contributed by atoms with E-state index in [2.05, 4.69) is 20.3 Å². The lowest BCUT2D eigenvalue weighted by atomic mass is 10.2. The zero-order valence-corrected chi connectivity index (χ0v) is 17.4. The zero-order valence-electron chi connectivity index (χ0n) is 15.8. The number of aromatic nitrogens is 2. The van der Waals surface area contributed by atoms with Gasteiger partial charge in [-0.15, -0.1) is 21.5 Å². The first kappa shape index (κ1) is 21.9. The van der Waals surface area contributed by atoms with Gasteiger partial charge >= 0.3 is 6.61 Å². The topological polar surface area (TPSA) is 94.3 Å². The van der Waals surface area contributed by atoms with Crippen molar-refractivity contribution >= 4 is 34.8 Å². The number of ketones is 1. The minimum absolute atomic E-state index is 0.0286. The molecule has 1 aromatic carbocycles. The highest BCUT2D eigenvalue weighted by atomic mass is 32.2. The molecule has 3 aromatic rings. The van der Waals surface area contributed by atoms with Gasteiger partial charge in [0.05, 0.1) is 10.6 Å². The summed E-state index contributed by atoms with van der Waals surface area (Å²) in [6, 6.07) is 9.44. The van der Waals surface area contributed by atoms with Crippen molar-refractivity contribution in [3.63, 3.8) is 0 Å². The van der Waals surface area contributed by atoms with Crippen molar-refractivity contribution in [2.45, 2.75) is 25.2 Å². The van der Waals surface area contributed by atoms with Crippen LogP contribution in [0.2, 0.25) is 0 Å². The van der Waals surface area contributed by atoms with E-state index in [1.54, 1.807) is 6.07 Å². The van der Waals surface area contributed by atoms with Gasteiger partial charge in [0.25, 0.3) is 5.22 Å². The van der Waals surface area contributed by atoms with E-state index in [0.29, 0.717) is 23.4 Å². The molecule has 0 atom stereocenters. The average Bonchev–Trinajstić information content (AvgIpc) is 3.36. The minimum Gasteiger partial charge on any atom is -0.435 e. The fraction of sp³-hybridized carbons (Fsp3) is 0.263. The van der Waals surface area contributed by atoms with Gasteiger partial charge in [-0.3, -0.25) is 9.59 Å². The Bertz CT molecular complexity index is 1010. The number of carbonyl (C=O) groups excluding carboxylic acids is 2. The highest BCUT2D eigenvalue weighted by Gasteiger charge is 2.14. The number of nitrogens with one attached hydrogen (secondary N) is 1. The maximum Gasteiger partial charge on any atom is 0.387 e. The molecule has 0 aliphatic heterocycles. The van der Waals surface area contributed by atoms with Crippen LogP contribution >= 0.6 is 23.1 Å². The molecule has 11 heteroatoms. The number of rotatable bonds is 10.